The maximum absolute atomic E-state index is 12.4. The first-order valence-electron chi connectivity index (χ1n) is 7.70. The first-order valence-corrected chi connectivity index (χ1v) is 10.4. The van der Waals surface area contributed by atoms with Crippen molar-refractivity contribution < 1.29 is 13.2 Å². The number of thioether (sulfide) groups is 1. The lowest BCUT2D eigenvalue weighted by Gasteiger charge is -2.09. The van der Waals surface area contributed by atoms with E-state index in [9.17, 15) is 13.2 Å². The van der Waals surface area contributed by atoms with Gasteiger partial charge in [0.25, 0.3) is 15.9 Å². The zero-order chi connectivity index (χ0) is 19.3. The standard InChI is InChI=1S/C17H15N5O3S2/c1-26-16-14(4-2-9-18-16)15(23)21-12-5-7-13(8-6-12)27(24,25)22-17-19-10-3-11-20-17/h2-11H,1H3,(H,21,23)(H,19,20,22). The van der Waals surface area contributed by atoms with Gasteiger partial charge in [0.15, 0.2) is 0 Å². The molecule has 0 atom stereocenters. The van der Waals surface area contributed by atoms with Crippen molar-refractivity contribution in [3.8, 4) is 0 Å². The maximum Gasteiger partial charge on any atom is 0.264 e. The second-order valence-corrected chi connectivity index (χ2v) is 7.69. The lowest BCUT2D eigenvalue weighted by molar-refractivity contribution is 0.102. The fourth-order valence-corrected chi connectivity index (χ4v) is 3.68. The quantitative estimate of drug-likeness (QED) is 0.610. The first kappa shape index (κ1) is 18.8. The molecule has 3 rings (SSSR count). The van der Waals surface area contributed by atoms with Gasteiger partial charge in [0.05, 0.1) is 10.5 Å². The van der Waals surface area contributed by atoms with E-state index in [0.29, 0.717) is 16.3 Å². The second-order valence-electron chi connectivity index (χ2n) is 5.22. The van der Waals surface area contributed by atoms with Gasteiger partial charge in [-0.15, -0.1) is 11.8 Å². The van der Waals surface area contributed by atoms with Crippen LogP contribution in [-0.4, -0.2) is 35.5 Å². The summed E-state index contributed by atoms with van der Waals surface area (Å²) in [4.78, 5) is 24.2. The molecule has 27 heavy (non-hydrogen) atoms. The maximum atomic E-state index is 12.4. The molecule has 1 amide bonds. The Labute approximate surface area is 160 Å². The zero-order valence-corrected chi connectivity index (χ0v) is 15.8. The summed E-state index contributed by atoms with van der Waals surface area (Å²) in [5.41, 5.74) is 0.912. The van der Waals surface area contributed by atoms with Crippen LogP contribution in [0, 0.1) is 0 Å². The highest BCUT2D eigenvalue weighted by molar-refractivity contribution is 7.98. The van der Waals surface area contributed by atoms with E-state index in [2.05, 4.69) is 25.0 Å². The van der Waals surface area contributed by atoms with Gasteiger partial charge in [-0.05, 0) is 48.7 Å². The Balaban J connectivity index is 1.74. The Bertz CT molecular complexity index is 1040. The van der Waals surface area contributed by atoms with E-state index in [1.54, 1.807) is 24.4 Å². The molecule has 0 aliphatic carbocycles. The molecule has 0 fully saturated rings. The molecule has 2 N–H and O–H groups in total. The van der Waals surface area contributed by atoms with Gasteiger partial charge < -0.3 is 5.32 Å². The van der Waals surface area contributed by atoms with Crippen LogP contribution in [0.4, 0.5) is 11.6 Å². The van der Waals surface area contributed by atoms with Gasteiger partial charge in [0.2, 0.25) is 5.95 Å². The Hall–Kier alpha value is -2.98. The van der Waals surface area contributed by atoms with Gasteiger partial charge in [-0.3, -0.25) is 4.79 Å². The Kier molecular flexibility index (Phi) is 5.67. The minimum atomic E-state index is -3.82. The summed E-state index contributed by atoms with van der Waals surface area (Å²) in [5.74, 6) is -0.338. The lowest BCUT2D eigenvalue weighted by atomic mass is 10.2. The van der Waals surface area contributed by atoms with Crippen LogP contribution in [0.2, 0.25) is 0 Å². The number of amides is 1. The summed E-state index contributed by atoms with van der Waals surface area (Å²) >= 11 is 1.37. The van der Waals surface area contributed by atoms with E-state index < -0.39 is 10.0 Å². The molecule has 0 saturated carbocycles. The molecule has 1 aromatic carbocycles. The summed E-state index contributed by atoms with van der Waals surface area (Å²) in [7, 11) is -3.82. The van der Waals surface area contributed by atoms with Crippen molar-refractivity contribution in [3.63, 3.8) is 0 Å². The van der Waals surface area contributed by atoms with E-state index in [-0.39, 0.29) is 16.8 Å². The molecule has 8 nitrogen and oxygen atoms in total. The Morgan fingerprint density at radius 2 is 1.63 bits per heavy atom. The van der Waals surface area contributed by atoms with E-state index >= 15 is 0 Å². The summed E-state index contributed by atoms with van der Waals surface area (Å²) in [6.45, 7) is 0. The SMILES string of the molecule is CSc1ncccc1C(=O)Nc1ccc(S(=O)(=O)Nc2ncccn2)cc1. The minimum absolute atomic E-state index is 0.0175. The number of hydrogen-bond donors (Lipinski definition) is 2. The number of sulfonamides is 1. The number of pyridine rings is 1. The summed E-state index contributed by atoms with van der Waals surface area (Å²) in [6, 6.07) is 10.7. The van der Waals surface area contributed by atoms with Crippen LogP contribution >= 0.6 is 11.8 Å². The molecule has 0 aliphatic rings. The molecule has 0 unspecified atom stereocenters. The molecule has 138 valence electrons. The van der Waals surface area contributed by atoms with E-state index in [1.807, 2.05) is 6.26 Å². The number of carbonyl (C=O) groups excluding carboxylic acids is 1. The lowest BCUT2D eigenvalue weighted by Crippen LogP contribution is -2.16. The highest BCUT2D eigenvalue weighted by atomic mass is 32.2. The molecule has 2 aromatic heterocycles. The second kappa shape index (κ2) is 8.14. The van der Waals surface area contributed by atoms with Crippen LogP contribution in [0.5, 0.6) is 0 Å². The van der Waals surface area contributed by atoms with Crippen molar-refractivity contribution in [3.05, 3.63) is 66.6 Å². The zero-order valence-electron chi connectivity index (χ0n) is 14.2. The molecule has 3 aromatic rings. The third-order valence-electron chi connectivity index (χ3n) is 3.42. The van der Waals surface area contributed by atoms with Crippen LogP contribution in [0.15, 0.2) is 71.0 Å². The molecule has 2 heterocycles. The number of benzene rings is 1. The predicted molar refractivity (Wildman–Crippen MR) is 103 cm³/mol. The highest BCUT2D eigenvalue weighted by Gasteiger charge is 2.16. The summed E-state index contributed by atoms with van der Waals surface area (Å²) in [6.07, 6.45) is 6.32. The summed E-state index contributed by atoms with van der Waals surface area (Å²) < 4.78 is 27.0. The number of rotatable bonds is 6. The fourth-order valence-electron chi connectivity index (χ4n) is 2.17. The normalized spacial score (nSPS) is 11.0. The Morgan fingerprint density at radius 3 is 2.30 bits per heavy atom. The van der Waals surface area contributed by atoms with Crippen LogP contribution < -0.4 is 10.0 Å². The van der Waals surface area contributed by atoms with Gasteiger partial charge in [-0.2, -0.15) is 0 Å². The van der Waals surface area contributed by atoms with Crippen molar-refractivity contribution in [2.45, 2.75) is 9.92 Å². The smallest absolute Gasteiger partial charge is 0.264 e. The third kappa shape index (κ3) is 4.60. The largest absolute Gasteiger partial charge is 0.322 e. The molecule has 10 heteroatoms. The molecule has 0 radical (unpaired) electrons. The van der Waals surface area contributed by atoms with Crippen molar-refractivity contribution in [1.29, 1.82) is 0 Å². The number of nitrogens with zero attached hydrogens (tertiary/aromatic N) is 3. The van der Waals surface area contributed by atoms with Gasteiger partial charge in [0.1, 0.15) is 5.03 Å². The molecular weight excluding hydrogens is 386 g/mol. The van der Waals surface area contributed by atoms with Gasteiger partial charge in [-0.25, -0.2) is 28.1 Å². The predicted octanol–water partition coefficient (Wildman–Crippen LogP) is 2.65. The third-order valence-corrected chi connectivity index (χ3v) is 5.48. The van der Waals surface area contributed by atoms with E-state index in [4.69, 9.17) is 0 Å². The number of nitrogens with one attached hydrogen (secondary N) is 2. The van der Waals surface area contributed by atoms with Crippen molar-refractivity contribution >= 4 is 39.3 Å². The molecule has 0 saturated heterocycles. The van der Waals surface area contributed by atoms with Crippen LogP contribution in [0.1, 0.15) is 10.4 Å². The number of aromatic nitrogens is 3. The van der Waals surface area contributed by atoms with E-state index in [1.165, 1.54) is 48.4 Å². The molecule has 0 bridgehead atoms. The first-order chi connectivity index (χ1) is 13.0. The van der Waals surface area contributed by atoms with Gasteiger partial charge >= 0.3 is 0 Å². The number of hydrogen-bond acceptors (Lipinski definition) is 7. The van der Waals surface area contributed by atoms with Crippen LogP contribution in [0.25, 0.3) is 0 Å². The Morgan fingerprint density at radius 1 is 0.963 bits per heavy atom. The minimum Gasteiger partial charge on any atom is -0.322 e. The number of anilines is 2. The van der Waals surface area contributed by atoms with Crippen molar-refractivity contribution in [2.75, 3.05) is 16.3 Å². The van der Waals surface area contributed by atoms with Crippen molar-refractivity contribution in [2.24, 2.45) is 0 Å². The molecule has 0 aliphatic heterocycles. The highest BCUT2D eigenvalue weighted by Crippen LogP contribution is 2.20. The number of carbonyl (C=O) groups is 1. The van der Waals surface area contributed by atoms with Gasteiger partial charge in [0, 0.05) is 24.3 Å². The average molecular weight is 401 g/mol. The topological polar surface area (TPSA) is 114 Å². The van der Waals surface area contributed by atoms with Gasteiger partial charge in [-0.1, -0.05) is 0 Å². The van der Waals surface area contributed by atoms with Crippen LogP contribution in [0.3, 0.4) is 0 Å². The van der Waals surface area contributed by atoms with Crippen molar-refractivity contribution in [1.82, 2.24) is 15.0 Å². The molecular formula is C17H15N5O3S2. The van der Waals surface area contributed by atoms with E-state index in [0.717, 1.165) is 0 Å². The summed E-state index contributed by atoms with van der Waals surface area (Å²) in [5, 5.41) is 3.34. The monoisotopic (exact) mass is 401 g/mol. The fraction of sp³-hybridized carbons (Fsp3) is 0.0588. The van der Waals surface area contributed by atoms with Crippen LogP contribution in [-0.2, 0) is 10.0 Å². The average Bonchev–Trinajstić information content (AvgIpc) is 2.68. The molecule has 0 spiro atoms.